The summed E-state index contributed by atoms with van der Waals surface area (Å²) in [7, 11) is 0. The molecule has 0 unspecified atom stereocenters. The zero-order valence-corrected chi connectivity index (χ0v) is 2.98. The Morgan fingerprint density at radius 3 is 0.500 bits per heavy atom. The summed E-state index contributed by atoms with van der Waals surface area (Å²) in [4.78, 5) is 0. The van der Waals surface area contributed by atoms with E-state index in [1.807, 2.05) is 0 Å². The van der Waals surface area contributed by atoms with Crippen molar-refractivity contribution in [3.05, 3.63) is 0 Å². The van der Waals surface area contributed by atoms with Crippen LogP contribution in [0.2, 0.25) is 0 Å². The fraction of sp³-hybridized carbons (Fsp3) is 0. The average molecular weight is 108 g/mol. The Balaban J connectivity index is 0. The van der Waals surface area contributed by atoms with Gasteiger partial charge in [0.2, 0.25) is 0 Å². The van der Waals surface area contributed by atoms with Crippen LogP contribution in [0, 0.1) is 0 Å². The van der Waals surface area contributed by atoms with Crippen LogP contribution in [0.25, 0.3) is 0 Å². The van der Waals surface area contributed by atoms with Gasteiger partial charge in [0.25, 0.3) is 0 Å². The van der Waals surface area contributed by atoms with E-state index in [9.17, 15) is 0 Å². The molecule has 0 bridgehead atoms. The zero-order chi connectivity index (χ0) is 0. The normalized spacial score (nSPS) is 0. The van der Waals surface area contributed by atoms with E-state index in [1.165, 1.54) is 0 Å². The van der Waals surface area contributed by atoms with Crippen LogP contribution in [0.5, 0.6) is 0 Å². The van der Waals surface area contributed by atoms with E-state index in [4.69, 9.17) is 0 Å². The van der Waals surface area contributed by atoms with Crippen molar-refractivity contribution in [3.63, 3.8) is 0 Å². The maximum Gasteiger partial charge on any atom is 2.00 e. The summed E-state index contributed by atoms with van der Waals surface area (Å²) in [5, 5.41) is 0. The molecule has 4 heavy (non-hydrogen) atoms. The Kier molecular flexibility index (Phi) is 12100. The van der Waals surface area contributed by atoms with Crippen molar-refractivity contribution in [2.24, 2.45) is 0 Å². The number of rotatable bonds is 0. The molecule has 0 aliphatic heterocycles. The second-order valence-electron chi connectivity index (χ2n) is 0. The van der Waals surface area contributed by atoms with E-state index in [0.29, 0.717) is 0 Å². The molecule has 27 valence electrons. The maximum absolute atomic E-state index is 0. The molecular weight excluding hydrogens is 108 g/mol. The van der Waals surface area contributed by atoms with Gasteiger partial charge in [-0.3, -0.25) is 0 Å². The monoisotopic (exact) mass is 108 g/mol. The van der Waals surface area contributed by atoms with E-state index < -0.39 is 0 Å². The first-order valence-electron chi connectivity index (χ1n) is 0. The summed E-state index contributed by atoms with van der Waals surface area (Å²) in [6.07, 6.45) is 0. The SMILES string of the molecule is [F-].[F-].[F-].[V+2]. The Bertz CT molecular complexity index is 3.25. The van der Waals surface area contributed by atoms with Crippen LogP contribution in [0.15, 0.2) is 0 Å². The van der Waals surface area contributed by atoms with E-state index in [1.54, 1.807) is 0 Å². The van der Waals surface area contributed by atoms with Gasteiger partial charge in [-0.25, -0.2) is 0 Å². The van der Waals surface area contributed by atoms with Crippen LogP contribution in [0.4, 0.5) is 0 Å². The summed E-state index contributed by atoms with van der Waals surface area (Å²) in [6.45, 7) is 0. The Hall–Kier alpha value is 0.374. The fourth-order valence-electron chi connectivity index (χ4n) is 0. The van der Waals surface area contributed by atoms with Crippen LogP contribution < -0.4 is 14.1 Å². The smallest absolute Gasteiger partial charge is 1.00 e. The molecule has 0 rings (SSSR count). The molecule has 0 aliphatic rings. The van der Waals surface area contributed by atoms with Crippen molar-refractivity contribution in [2.45, 2.75) is 0 Å². The van der Waals surface area contributed by atoms with Gasteiger partial charge in [-0.1, -0.05) is 0 Å². The molecule has 0 spiro atoms. The molecule has 0 N–H and O–H groups in total. The largest absolute Gasteiger partial charge is 2.00 e. The van der Waals surface area contributed by atoms with Gasteiger partial charge in [0.1, 0.15) is 0 Å². The van der Waals surface area contributed by atoms with Crippen molar-refractivity contribution in [1.29, 1.82) is 0 Å². The third-order valence-electron chi connectivity index (χ3n) is 0. The van der Waals surface area contributed by atoms with Crippen molar-refractivity contribution < 1.29 is 32.7 Å². The third kappa shape index (κ3) is 32.0. The summed E-state index contributed by atoms with van der Waals surface area (Å²) >= 11 is 0. The molecule has 0 heterocycles. The minimum Gasteiger partial charge on any atom is -1.00 e. The number of hydrogen-bond acceptors (Lipinski definition) is 0. The number of hydrogen-bond donors (Lipinski definition) is 0. The minimum atomic E-state index is 0. The van der Waals surface area contributed by atoms with Gasteiger partial charge in [-0.2, -0.15) is 0 Å². The third-order valence-corrected chi connectivity index (χ3v) is 0. The summed E-state index contributed by atoms with van der Waals surface area (Å²) in [5.74, 6) is 0. The molecule has 0 aliphatic carbocycles. The Morgan fingerprint density at radius 1 is 0.500 bits per heavy atom. The molecule has 0 aromatic heterocycles. The molecule has 0 nitrogen and oxygen atoms in total. The predicted molar refractivity (Wildman–Crippen MR) is 0 cm³/mol. The first-order valence-corrected chi connectivity index (χ1v) is 0. The van der Waals surface area contributed by atoms with Gasteiger partial charge in [-0.05, 0) is 0 Å². The van der Waals surface area contributed by atoms with E-state index >= 15 is 0 Å². The molecular formula is F3V-. The van der Waals surface area contributed by atoms with Gasteiger partial charge < -0.3 is 14.1 Å². The zero-order valence-electron chi connectivity index (χ0n) is 1.58. The summed E-state index contributed by atoms with van der Waals surface area (Å²) in [6, 6.07) is 0. The van der Waals surface area contributed by atoms with Crippen LogP contribution >= 0.6 is 0 Å². The van der Waals surface area contributed by atoms with Crippen LogP contribution in [0.1, 0.15) is 0 Å². The van der Waals surface area contributed by atoms with Gasteiger partial charge in [0.15, 0.2) is 0 Å². The van der Waals surface area contributed by atoms with E-state index in [2.05, 4.69) is 0 Å². The second kappa shape index (κ2) is 136. The summed E-state index contributed by atoms with van der Waals surface area (Å²) < 4.78 is 0. The van der Waals surface area contributed by atoms with Gasteiger partial charge in [0, 0.05) is 0 Å². The quantitative estimate of drug-likeness (QED) is 0.289. The maximum atomic E-state index is 0. The van der Waals surface area contributed by atoms with E-state index in [0.717, 1.165) is 0 Å². The van der Waals surface area contributed by atoms with Gasteiger partial charge >= 0.3 is 18.6 Å². The Labute approximate surface area is 33.6 Å². The van der Waals surface area contributed by atoms with Crippen molar-refractivity contribution >= 4 is 0 Å². The predicted octanol–water partition coefficient (Wildman–Crippen LogP) is -8.99. The molecule has 0 saturated heterocycles. The summed E-state index contributed by atoms with van der Waals surface area (Å²) in [5.41, 5.74) is 0. The topological polar surface area (TPSA) is 0 Å². The second-order valence-corrected chi connectivity index (χ2v) is 0. The first-order chi connectivity index (χ1) is 0. The van der Waals surface area contributed by atoms with Gasteiger partial charge in [-0.15, -0.1) is 0 Å². The number of halogens is 3. The van der Waals surface area contributed by atoms with Crippen LogP contribution in [-0.2, 0) is 18.6 Å². The molecule has 0 saturated carbocycles. The molecule has 0 fully saturated rings. The molecule has 0 aromatic carbocycles. The van der Waals surface area contributed by atoms with Crippen LogP contribution in [-0.4, -0.2) is 0 Å². The standard InChI is InChI=1S/3FH.V/h3*1H;/q;;;+2/p-3. The van der Waals surface area contributed by atoms with Gasteiger partial charge in [0.05, 0.1) is 0 Å². The fourth-order valence-corrected chi connectivity index (χ4v) is 0. The van der Waals surface area contributed by atoms with Crippen LogP contribution in [0.3, 0.4) is 0 Å². The van der Waals surface area contributed by atoms with Crippen molar-refractivity contribution in [2.75, 3.05) is 0 Å². The molecule has 1 radical (unpaired) electrons. The average Bonchev–Trinajstić information content (AvgIpc) is 0. The minimum absolute atomic E-state index is 0. The molecule has 0 amide bonds. The van der Waals surface area contributed by atoms with E-state index in [-0.39, 0.29) is 32.7 Å². The molecule has 0 aromatic rings. The van der Waals surface area contributed by atoms with Crippen molar-refractivity contribution in [3.8, 4) is 0 Å². The molecule has 0 atom stereocenters. The first kappa shape index (κ1) is 355. The Morgan fingerprint density at radius 2 is 0.500 bits per heavy atom. The molecule has 4 heteroatoms. The van der Waals surface area contributed by atoms with Crippen molar-refractivity contribution in [1.82, 2.24) is 0 Å².